The first-order valence-corrected chi connectivity index (χ1v) is 10.6. The van der Waals surface area contributed by atoms with Crippen molar-refractivity contribution in [3.63, 3.8) is 0 Å². The minimum absolute atomic E-state index is 0.00636. The lowest BCUT2D eigenvalue weighted by Crippen LogP contribution is -2.32. The van der Waals surface area contributed by atoms with Crippen molar-refractivity contribution in [2.75, 3.05) is 63.8 Å². The number of hydrogen-bond donors (Lipinski definition) is 3. The molecule has 2 aromatic rings. The quantitative estimate of drug-likeness (QED) is 0.444. The summed E-state index contributed by atoms with van der Waals surface area (Å²) in [6.07, 6.45) is 0.794. The van der Waals surface area contributed by atoms with Crippen molar-refractivity contribution >= 4 is 11.6 Å². The van der Waals surface area contributed by atoms with Crippen LogP contribution < -0.4 is 10.6 Å². The summed E-state index contributed by atoms with van der Waals surface area (Å²) in [6, 6.07) is 12.8. The molecule has 3 rings (SSSR count). The Morgan fingerprint density at radius 2 is 1.87 bits per heavy atom. The number of aromatic nitrogens is 1. The summed E-state index contributed by atoms with van der Waals surface area (Å²) in [7, 11) is 1.67. The van der Waals surface area contributed by atoms with Crippen LogP contribution in [0.2, 0.25) is 0 Å². The predicted octanol–water partition coefficient (Wildman–Crippen LogP) is 1.99. The van der Waals surface area contributed by atoms with E-state index in [9.17, 15) is 5.26 Å². The molecule has 1 aromatic carbocycles. The Kier molecular flexibility index (Phi) is 9.06. The molecule has 0 unspecified atom stereocenters. The van der Waals surface area contributed by atoms with Crippen LogP contribution in [0.15, 0.2) is 30.3 Å². The standard InChI is InChI=1S/C23H31N5O3/c1-30-12-8-25-23-21-17-28(16-18-5-3-2-4-6-18)10-7-19(21)20(15-24)22(27-23)26-9-13-31-14-11-29/h2-6,29H,7-14,16-17H2,1H3,(H2,25,26,27). The van der Waals surface area contributed by atoms with Gasteiger partial charge in [-0.1, -0.05) is 30.3 Å². The predicted molar refractivity (Wildman–Crippen MR) is 120 cm³/mol. The molecule has 0 atom stereocenters. The number of nitriles is 1. The van der Waals surface area contributed by atoms with Gasteiger partial charge < -0.3 is 25.2 Å². The topological polar surface area (TPSA) is 103 Å². The SMILES string of the molecule is COCCNc1nc(NCCOCCO)c(C#N)c2c1CN(Cc1ccccc1)CC2. The molecule has 0 fully saturated rings. The molecule has 0 radical (unpaired) electrons. The van der Waals surface area contributed by atoms with Gasteiger partial charge in [0, 0.05) is 45.4 Å². The van der Waals surface area contributed by atoms with Crippen LogP contribution in [-0.2, 0) is 29.0 Å². The maximum atomic E-state index is 9.87. The van der Waals surface area contributed by atoms with E-state index < -0.39 is 0 Å². The highest BCUT2D eigenvalue weighted by molar-refractivity contribution is 5.66. The van der Waals surface area contributed by atoms with Crippen LogP contribution in [0, 0.1) is 11.3 Å². The second-order valence-electron chi connectivity index (χ2n) is 7.38. The van der Waals surface area contributed by atoms with Crippen molar-refractivity contribution in [2.24, 2.45) is 0 Å². The van der Waals surface area contributed by atoms with Gasteiger partial charge in [0.05, 0.1) is 32.0 Å². The van der Waals surface area contributed by atoms with Gasteiger partial charge in [0.1, 0.15) is 17.7 Å². The molecule has 0 bridgehead atoms. The van der Waals surface area contributed by atoms with Crippen LogP contribution in [0.1, 0.15) is 22.3 Å². The number of benzene rings is 1. The summed E-state index contributed by atoms with van der Waals surface area (Å²) in [5.74, 6) is 1.37. The molecular weight excluding hydrogens is 394 g/mol. The van der Waals surface area contributed by atoms with Gasteiger partial charge >= 0.3 is 0 Å². The Bertz CT molecular complexity index is 870. The van der Waals surface area contributed by atoms with E-state index >= 15 is 0 Å². The fraction of sp³-hybridized carbons (Fsp3) is 0.478. The number of fused-ring (bicyclic) bond motifs is 1. The summed E-state index contributed by atoms with van der Waals surface area (Å²) in [4.78, 5) is 7.14. The zero-order chi connectivity index (χ0) is 21.9. The molecule has 0 saturated carbocycles. The number of ether oxygens (including phenoxy) is 2. The number of anilines is 2. The number of rotatable bonds is 12. The zero-order valence-corrected chi connectivity index (χ0v) is 18.1. The summed E-state index contributed by atoms with van der Waals surface area (Å²) in [6.45, 7) is 4.93. The molecule has 1 aromatic heterocycles. The Labute approximate surface area is 183 Å². The normalized spacial score (nSPS) is 13.5. The van der Waals surface area contributed by atoms with Crippen LogP contribution in [0.3, 0.4) is 0 Å². The minimum Gasteiger partial charge on any atom is -0.394 e. The van der Waals surface area contributed by atoms with Gasteiger partial charge in [0.25, 0.3) is 0 Å². The monoisotopic (exact) mass is 425 g/mol. The third-order valence-electron chi connectivity index (χ3n) is 5.21. The average Bonchev–Trinajstić information content (AvgIpc) is 2.80. The molecule has 166 valence electrons. The highest BCUT2D eigenvalue weighted by Crippen LogP contribution is 2.32. The van der Waals surface area contributed by atoms with E-state index in [0.717, 1.165) is 43.0 Å². The van der Waals surface area contributed by atoms with Gasteiger partial charge in [-0.15, -0.1) is 0 Å². The third-order valence-corrected chi connectivity index (χ3v) is 5.21. The Morgan fingerprint density at radius 3 is 2.61 bits per heavy atom. The Hall–Kier alpha value is -2.70. The lowest BCUT2D eigenvalue weighted by atomic mass is 9.95. The second kappa shape index (κ2) is 12.2. The molecule has 0 aliphatic carbocycles. The fourth-order valence-electron chi connectivity index (χ4n) is 3.74. The highest BCUT2D eigenvalue weighted by atomic mass is 16.5. The van der Waals surface area contributed by atoms with Crippen LogP contribution in [0.5, 0.6) is 0 Å². The smallest absolute Gasteiger partial charge is 0.146 e. The van der Waals surface area contributed by atoms with Crippen LogP contribution in [0.4, 0.5) is 11.6 Å². The number of pyridine rings is 1. The Morgan fingerprint density at radius 1 is 1.10 bits per heavy atom. The second-order valence-corrected chi connectivity index (χ2v) is 7.38. The maximum absolute atomic E-state index is 9.87. The summed E-state index contributed by atoms with van der Waals surface area (Å²) < 4.78 is 10.5. The van der Waals surface area contributed by atoms with Gasteiger partial charge in [-0.05, 0) is 17.5 Å². The van der Waals surface area contributed by atoms with E-state index in [1.54, 1.807) is 7.11 Å². The molecular formula is C23H31N5O3. The highest BCUT2D eigenvalue weighted by Gasteiger charge is 2.25. The van der Waals surface area contributed by atoms with E-state index in [0.29, 0.717) is 44.3 Å². The average molecular weight is 426 g/mol. The molecule has 2 heterocycles. The number of nitrogens with zero attached hydrogens (tertiary/aromatic N) is 3. The number of aliphatic hydroxyl groups excluding tert-OH is 1. The molecule has 8 nitrogen and oxygen atoms in total. The number of aliphatic hydroxyl groups is 1. The number of hydrogen-bond acceptors (Lipinski definition) is 8. The van der Waals surface area contributed by atoms with Gasteiger partial charge in [-0.2, -0.15) is 5.26 Å². The first kappa shape index (κ1) is 23.0. The number of methoxy groups -OCH3 is 1. The number of nitrogens with one attached hydrogen (secondary N) is 2. The third kappa shape index (κ3) is 6.39. The summed E-state index contributed by atoms with van der Waals surface area (Å²) in [5.41, 5.74) is 4.01. The molecule has 8 heteroatoms. The molecule has 0 amide bonds. The van der Waals surface area contributed by atoms with E-state index in [2.05, 4.69) is 45.9 Å². The maximum Gasteiger partial charge on any atom is 0.146 e. The largest absolute Gasteiger partial charge is 0.394 e. The van der Waals surface area contributed by atoms with Crippen molar-refractivity contribution < 1.29 is 14.6 Å². The van der Waals surface area contributed by atoms with Crippen molar-refractivity contribution in [2.45, 2.75) is 19.5 Å². The minimum atomic E-state index is -0.00636. The lowest BCUT2D eigenvalue weighted by Gasteiger charge is -2.31. The van der Waals surface area contributed by atoms with Gasteiger partial charge in [0.2, 0.25) is 0 Å². The van der Waals surface area contributed by atoms with Crippen molar-refractivity contribution in [3.05, 3.63) is 52.6 Å². The van der Waals surface area contributed by atoms with Gasteiger partial charge in [-0.3, -0.25) is 4.90 Å². The fourth-order valence-corrected chi connectivity index (χ4v) is 3.74. The van der Waals surface area contributed by atoms with Crippen LogP contribution >= 0.6 is 0 Å². The first-order valence-electron chi connectivity index (χ1n) is 10.6. The van der Waals surface area contributed by atoms with Gasteiger partial charge in [-0.25, -0.2) is 4.98 Å². The molecule has 0 spiro atoms. The molecule has 0 saturated heterocycles. The summed E-state index contributed by atoms with van der Waals surface area (Å²) >= 11 is 0. The van der Waals surface area contributed by atoms with Crippen LogP contribution in [-0.4, -0.2) is 68.2 Å². The van der Waals surface area contributed by atoms with Crippen LogP contribution in [0.25, 0.3) is 0 Å². The van der Waals surface area contributed by atoms with Crippen molar-refractivity contribution in [3.8, 4) is 6.07 Å². The zero-order valence-electron chi connectivity index (χ0n) is 18.1. The van der Waals surface area contributed by atoms with Crippen molar-refractivity contribution in [1.82, 2.24) is 9.88 Å². The molecule has 1 aliphatic heterocycles. The molecule has 3 N–H and O–H groups in total. The molecule has 31 heavy (non-hydrogen) atoms. The lowest BCUT2D eigenvalue weighted by molar-refractivity contribution is 0.0992. The van der Waals surface area contributed by atoms with Crippen molar-refractivity contribution in [1.29, 1.82) is 5.26 Å². The Balaban J connectivity index is 1.81. The van der Waals surface area contributed by atoms with E-state index in [1.807, 2.05) is 6.07 Å². The van der Waals surface area contributed by atoms with E-state index in [4.69, 9.17) is 19.6 Å². The van der Waals surface area contributed by atoms with E-state index in [-0.39, 0.29) is 6.61 Å². The van der Waals surface area contributed by atoms with Gasteiger partial charge in [0.15, 0.2) is 0 Å². The summed E-state index contributed by atoms with van der Waals surface area (Å²) in [5, 5.41) is 25.3. The molecule has 1 aliphatic rings. The first-order chi connectivity index (χ1) is 15.3. The van der Waals surface area contributed by atoms with E-state index in [1.165, 1.54) is 5.56 Å².